The van der Waals surface area contributed by atoms with Crippen molar-refractivity contribution in [3.63, 3.8) is 0 Å². The normalized spacial score (nSPS) is 24.2. The minimum Gasteiger partial charge on any atom is -0.235 e. The highest BCUT2D eigenvalue weighted by Gasteiger charge is 2.34. The molecule has 6 nitrogen and oxygen atoms in total. The van der Waals surface area contributed by atoms with Crippen LogP contribution in [0.25, 0.3) is 0 Å². The molecular formula is C12H21BrN4O2S. The van der Waals surface area contributed by atoms with Gasteiger partial charge in [0.15, 0.2) is 4.60 Å². The summed E-state index contributed by atoms with van der Waals surface area (Å²) in [6, 6.07) is 0.0737. The Morgan fingerprint density at radius 3 is 2.40 bits per heavy atom. The third-order valence-corrected chi connectivity index (χ3v) is 7.07. The molecule has 20 heavy (non-hydrogen) atoms. The Hall–Kier alpha value is -0.470. The van der Waals surface area contributed by atoms with Crippen molar-refractivity contribution >= 4 is 26.0 Å². The van der Waals surface area contributed by atoms with Crippen LogP contribution in [-0.4, -0.2) is 40.8 Å². The summed E-state index contributed by atoms with van der Waals surface area (Å²) in [7, 11) is -0.308. The van der Waals surface area contributed by atoms with Crippen molar-refractivity contribution in [1.29, 1.82) is 0 Å². The van der Waals surface area contributed by atoms with Crippen LogP contribution in [0.2, 0.25) is 0 Å². The minimum atomic E-state index is -3.56. The van der Waals surface area contributed by atoms with Crippen molar-refractivity contribution in [2.45, 2.75) is 50.1 Å². The zero-order valence-corrected chi connectivity index (χ0v) is 14.5. The molecule has 1 aromatic rings. The molecule has 0 spiro atoms. The van der Waals surface area contributed by atoms with Crippen molar-refractivity contribution in [3.8, 4) is 0 Å². The van der Waals surface area contributed by atoms with Crippen molar-refractivity contribution in [2.75, 3.05) is 7.05 Å². The number of hydrogen-bond donors (Lipinski definition) is 0. The predicted molar refractivity (Wildman–Crippen MR) is 79.7 cm³/mol. The van der Waals surface area contributed by atoms with Gasteiger partial charge in [0.25, 0.3) is 10.0 Å². The van der Waals surface area contributed by atoms with E-state index in [1.54, 1.807) is 14.1 Å². The zero-order chi connectivity index (χ0) is 14.9. The Morgan fingerprint density at radius 2 is 1.95 bits per heavy atom. The highest BCUT2D eigenvalue weighted by Crippen LogP contribution is 2.32. The Bertz CT molecular complexity index is 545. The maximum atomic E-state index is 12.7. The van der Waals surface area contributed by atoms with E-state index in [1.807, 2.05) is 0 Å². The molecule has 1 aliphatic carbocycles. The van der Waals surface area contributed by atoms with Crippen LogP contribution in [0.15, 0.2) is 9.63 Å². The number of rotatable bonds is 4. The molecule has 0 aromatic carbocycles. The Morgan fingerprint density at radius 1 is 1.35 bits per heavy atom. The van der Waals surface area contributed by atoms with E-state index in [-0.39, 0.29) is 15.7 Å². The first-order valence-corrected chi connectivity index (χ1v) is 9.14. The lowest BCUT2D eigenvalue weighted by atomic mass is 9.85. The van der Waals surface area contributed by atoms with E-state index in [1.165, 1.54) is 15.4 Å². The quantitative estimate of drug-likeness (QED) is 0.820. The summed E-state index contributed by atoms with van der Waals surface area (Å²) in [5, 5.41) is 7.63. The Balaban J connectivity index is 2.18. The molecular weight excluding hydrogens is 344 g/mol. The van der Waals surface area contributed by atoms with E-state index in [9.17, 15) is 8.42 Å². The fourth-order valence-electron chi connectivity index (χ4n) is 2.85. The van der Waals surface area contributed by atoms with E-state index in [2.05, 4.69) is 33.2 Å². The molecule has 0 N–H and O–H groups in total. The summed E-state index contributed by atoms with van der Waals surface area (Å²) in [6.45, 7) is 2.20. The zero-order valence-electron chi connectivity index (χ0n) is 12.1. The SMILES string of the molecule is CCC1CCC(N(C)S(=O)(=O)c2c(Br)nnn2C)CC1. The second kappa shape index (κ2) is 6.11. The first-order chi connectivity index (χ1) is 9.37. The molecule has 1 saturated carbocycles. The molecule has 2 rings (SSSR count). The molecule has 0 radical (unpaired) electrons. The highest BCUT2D eigenvalue weighted by atomic mass is 79.9. The van der Waals surface area contributed by atoms with Gasteiger partial charge >= 0.3 is 0 Å². The third-order valence-electron chi connectivity index (χ3n) is 4.27. The lowest BCUT2D eigenvalue weighted by molar-refractivity contribution is 0.232. The number of hydrogen-bond acceptors (Lipinski definition) is 4. The van der Waals surface area contributed by atoms with Crippen LogP contribution >= 0.6 is 15.9 Å². The van der Waals surface area contributed by atoms with Gasteiger partial charge in [0, 0.05) is 20.1 Å². The number of nitrogens with zero attached hydrogens (tertiary/aromatic N) is 4. The number of sulfonamides is 1. The molecule has 0 unspecified atom stereocenters. The van der Waals surface area contributed by atoms with Crippen LogP contribution in [0.1, 0.15) is 39.0 Å². The summed E-state index contributed by atoms with van der Waals surface area (Å²) in [6.07, 6.45) is 5.24. The number of aryl methyl sites for hydroxylation is 1. The van der Waals surface area contributed by atoms with Crippen LogP contribution in [0, 0.1) is 5.92 Å². The van der Waals surface area contributed by atoms with Crippen molar-refractivity contribution in [3.05, 3.63) is 4.60 Å². The molecule has 8 heteroatoms. The molecule has 1 aliphatic rings. The summed E-state index contributed by atoms with van der Waals surface area (Å²) < 4.78 is 28.4. The van der Waals surface area contributed by atoms with Gasteiger partial charge in [-0.05, 0) is 47.5 Å². The summed E-state index contributed by atoms with van der Waals surface area (Å²) in [4.78, 5) is 0. The third kappa shape index (κ3) is 2.92. The predicted octanol–water partition coefficient (Wildman–Crippen LogP) is 2.17. The van der Waals surface area contributed by atoms with Crippen LogP contribution in [-0.2, 0) is 17.1 Å². The maximum absolute atomic E-state index is 12.7. The van der Waals surface area contributed by atoms with E-state index in [0.29, 0.717) is 0 Å². The van der Waals surface area contributed by atoms with E-state index in [0.717, 1.165) is 31.6 Å². The van der Waals surface area contributed by atoms with Gasteiger partial charge in [-0.1, -0.05) is 18.6 Å². The fourth-order valence-corrected chi connectivity index (χ4v) is 5.29. The summed E-state index contributed by atoms with van der Waals surface area (Å²) >= 11 is 3.17. The molecule has 1 fully saturated rings. The molecule has 0 amide bonds. The van der Waals surface area contributed by atoms with Gasteiger partial charge in [0.05, 0.1) is 0 Å². The largest absolute Gasteiger partial charge is 0.263 e. The Labute approximate surface area is 128 Å². The van der Waals surface area contributed by atoms with Gasteiger partial charge in [-0.2, -0.15) is 4.31 Å². The lowest BCUT2D eigenvalue weighted by Crippen LogP contribution is -2.40. The molecule has 0 bridgehead atoms. The fraction of sp³-hybridized carbons (Fsp3) is 0.833. The van der Waals surface area contributed by atoms with E-state index in [4.69, 9.17) is 0 Å². The first-order valence-electron chi connectivity index (χ1n) is 6.91. The van der Waals surface area contributed by atoms with Gasteiger partial charge in [-0.3, -0.25) is 0 Å². The lowest BCUT2D eigenvalue weighted by Gasteiger charge is -2.33. The van der Waals surface area contributed by atoms with Crippen molar-refractivity contribution in [2.24, 2.45) is 13.0 Å². The second-order valence-electron chi connectivity index (χ2n) is 5.41. The summed E-state index contributed by atoms with van der Waals surface area (Å²) in [5.41, 5.74) is 0. The van der Waals surface area contributed by atoms with Crippen LogP contribution in [0.5, 0.6) is 0 Å². The standard InChI is InChI=1S/C12H21BrN4O2S/c1-4-9-5-7-10(8-6-9)17(3)20(18,19)12-11(13)14-15-16(12)2/h9-10H,4-8H2,1-3H3. The van der Waals surface area contributed by atoms with Gasteiger partial charge in [0.1, 0.15) is 0 Å². The van der Waals surface area contributed by atoms with Gasteiger partial charge in [-0.15, -0.1) is 5.10 Å². The highest BCUT2D eigenvalue weighted by molar-refractivity contribution is 9.10. The van der Waals surface area contributed by atoms with Crippen LogP contribution in [0.3, 0.4) is 0 Å². The van der Waals surface area contributed by atoms with Crippen LogP contribution < -0.4 is 0 Å². The average Bonchev–Trinajstić information content (AvgIpc) is 2.78. The molecule has 114 valence electrons. The number of halogens is 1. The second-order valence-corrected chi connectivity index (χ2v) is 8.08. The van der Waals surface area contributed by atoms with E-state index >= 15 is 0 Å². The molecule has 1 heterocycles. The van der Waals surface area contributed by atoms with E-state index < -0.39 is 10.0 Å². The minimum absolute atomic E-state index is 0.0737. The molecule has 1 aromatic heterocycles. The van der Waals surface area contributed by atoms with Gasteiger partial charge in [0.2, 0.25) is 5.03 Å². The number of aromatic nitrogens is 3. The monoisotopic (exact) mass is 364 g/mol. The smallest absolute Gasteiger partial charge is 0.235 e. The van der Waals surface area contributed by atoms with Crippen LogP contribution in [0.4, 0.5) is 0 Å². The molecule has 0 atom stereocenters. The van der Waals surface area contributed by atoms with Gasteiger partial charge < -0.3 is 0 Å². The van der Waals surface area contributed by atoms with Crippen molar-refractivity contribution in [1.82, 2.24) is 19.3 Å². The molecule has 0 saturated heterocycles. The first kappa shape index (κ1) is 15.9. The topological polar surface area (TPSA) is 68.1 Å². The van der Waals surface area contributed by atoms with Crippen molar-refractivity contribution < 1.29 is 8.42 Å². The average molecular weight is 365 g/mol. The molecule has 0 aliphatic heterocycles. The Kier molecular flexibility index (Phi) is 4.86. The van der Waals surface area contributed by atoms with Gasteiger partial charge in [-0.25, -0.2) is 13.1 Å². The maximum Gasteiger partial charge on any atom is 0.263 e. The summed E-state index contributed by atoms with van der Waals surface area (Å²) in [5.74, 6) is 0.743.